The molecular formula is C20H28Cl3N3OS. The number of rotatable bonds is 4. The average Bonchev–Trinajstić information content (AvgIpc) is 3.10. The minimum Gasteiger partial charge on any atom is -0.343 e. The van der Waals surface area contributed by atoms with Gasteiger partial charge in [-0.25, -0.2) is 4.98 Å². The molecule has 8 heteroatoms. The first kappa shape index (κ1) is 23.7. The molecule has 2 aromatic rings. The van der Waals surface area contributed by atoms with Crippen LogP contribution in [0.2, 0.25) is 5.02 Å². The molecule has 0 saturated carbocycles. The Morgan fingerprint density at radius 3 is 2.61 bits per heavy atom. The lowest BCUT2D eigenvalue weighted by atomic mass is 9.92. The van der Waals surface area contributed by atoms with E-state index in [0.717, 1.165) is 68.3 Å². The second-order valence-electron chi connectivity index (χ2n) is 7.55. The van der Waals surface area contributed by atoms with Crippen LogP contribution in [0.3, 0.4) is 0 Å². The van der Waals surface area contributed by atoms with Gasteiger partial charge in [0.15, 0.2) is 0 Å². The molecule has 28 heavy (non-hydrogen) atoms. The van der Waals surface area contributed by atoms with Gasteiger partial charge in [-0.1, -0.05) is 11.6 Å². The molecule has 0 atom stereocenters. The smallest absolute Gasteiger partial charge is 0.222 e. The second kappa shape index (κ2) is 11.0. The number of nitrogens with zero attached hydrogens (tertiary/aromatic N) is 2. The summed E-state index contributed by atoms with van der Waals surface area (Å²) in [4.78, 5) is 19.4. The van der Waals surface area contributed by atoms with Gasteiger partial charge in [0.05, 0.1) is 15.2 Å². The summed E-state index contributed by atoms with van der Waals surface area (Å²) in [5.41, 5.74) is 0.998. The van der Waals surface area contributed by atoms with Crippen molar-refractivity contribution in [2.75, 3.05) is 26.2 Å². The molecule has 0 spiro atoms. The van der Waals surface area contributed by atoms with E-state index in [-0.39, 0.29) is 24.8 Å². The first-order valence-corrected chi connectivity index (χ1v) is 10.9. The Morgan fingerprint density at radius 1 is 1.18 bits per heavy atom. The average molecular weight is 465 g/mol. The van der Waals surface area contributed by atoms with Crippen LogP contribution in [0.15, 0.2) is 18.2 Å². The topological polar surface area (TPSA) is 45.2 Å². The highest BCUT2D eigenvalue weighted by Crippen LogP contribution is 2.35. The van der Waals surface area contributed by atoms with Crippen molar-refractivity contribution in [2.45, 2.75) is 44.4 Å². The number of hydrogen-bond acceptors (Lipinski definition) is 4. The van der Waals surface area contributed by atoms with Gasteiger partial charge >= 0.3 is 0 Å². The molecule has 0 aliphatic carbocycles. The molecule has 2 aliphatic heterocycles. The molecule has 156 valence electrons. The molecule has 2 fully saturated rings. The summed E-state index contributed by atoms with van der Waals surface area (Å²) in [6.45, 7) is 3.95. The quantitative estimate of drug-likeness (QED) is 0.669. The van der Waals surface area contributed by atoms with Crippen molar-refractivity contribution in [2.24, 2.45) is 5.92 Å². The summed E-state index contributed by atoms with van der Waals surface area (Å²) in [5, 5.41) is 5.33. The SMILES string of the molecule is Cl.Cl.O=C(CCC1CCNCC1)N1CCC(c2nc3cc(Cl)ccc3s2)CC1. The molecule has 2 aliphatic rings. The zero-order chi connectivity index (χ0) is 17.9. The Labute approximate surface area is 188 Å². The Bertz CT molecular complexity index is 771. The fraction of sp³-hybridized carbons (Fsp3) is 0.600. The number of aromatic nitrogens is 1. The van der Waals surface area contributed by atoms with Crippen molar-refractivity contribution in [3.8, 4) is 0 Å². The first-order chi connectivity index (χ1) is 12.7. The summed E-state index contributed by atoms with van der Waals surface area (Å²) in [6.07, 6.45) is 6.25. The van der Waals surface area contributed by atoms with Gasteiger partial charge in [-0.05, 0) is 69.3 Å². The summed E-state index contributed by atoms with van der Waals surface area (Å²) in [7, 11) is 0. The molecular weight excluding hydrogens is 437 g/mol. The fourth-order valence-corrected chi connectivity index (χ4v) is 5.41. The van der Waals surface area contributed by atoms with Crippen molar-refractivity contribution < 1.29 is 4.79 Å². The molecule has 4 rings (SSSR count). The fourth-order valence-electron chi connectivity index (χ4n) is 4.12. The first-order valence-electron chi connectivity index (χ1n) is 9.73. The second-order valence-corrected chi connectivity index (χ2v) is 9.05. The van der Waals surface area contributed by atoms with Gasteiger partial charge < -0.3 is 10.2 Å². The molecule has 4 nitrogen and oxygen atoms in total. The number of likely N-dealkylation sites (tertiary alicyclic amines) is 1. The minimum atomic E-state index is 0. The highest BCUT2D eigenvalue weighted by atomic mass is 35.5. The third-order valence-electron chi connectivity index (χ3n) is 5.79. The molecule has 2 saturated heterocycles. The summed E-state index contributed by atoms with van der Waals surface area (Å²) < 4.78 is 1.20. The van der Waals surface area contributed by atoms with E-state index in [1.807, 2.05) is 12.1 Å². The maximum atomic E-state index is 12.5. The molecule has 0 radical (unpaired) electrons. The Morgan fingerprint density at radius 2 is 1.89 bits per heavy atom. The summed E-state index contributed by atoms with van der Waals surface area (Å²) in [5.74, 6) is 1.55. The molecule has 0 unspecified atom stereocenters. The van der Waals surface area contributed by atoms with Crippen LogP contribution in [-0.2, 0) is 4.79 Å². The lowest BCUT2D eigenvalue weighted by Gasteiger charge is -2.32. The van der Waals surface area contributed by atoms with E-state index in [9.17, 15) is 4.79 Å². The monoisotopic (exact) mass is 463 g/mol. The third-order valence-corrected chi connectivity index (χ3v) is 7.22. The van der Waals surface area contributed by atoms with Crippen LogP contribution >= 0.6 is 47.8 Å². The third kappa shape index (κ3) is 5.73. The van der Waals surface area contributed by atoms with Crippen LogP contribution in [0.4, 0.5) is 0 Å². The number of carbonyl (C=O) groups is 1. The lowest BCUT2D eigenvalue weighted by Crippen LogP contribution is -2.38. The molecule has 1 aromatic heterocycles. The van der Waals surface area contributed by atoms with E-state index in [1.165, 1.54) is 22.5 Å². The van der Waals surface area contributed by atoms with Crippen LogP contribution in [0, 0.1) is 5.92 Å². The maximum Gasteiger partial charge on any atom is 0.222 e. The van der Waals surface area contributed by atoms with Crippen LogP contribution in [-0.4, -0.2) is 42.0 Å². The van der Waals surface area contributed by atoms with Gasteiger partial charge in [0, 0.05) is 30.5 Å². The van der Waals surface area contributed by atoms with E-state index in [4.69, 9.17) is 16.6 Å². The highest BCUT2D eigenvalue weighted by molar-refractivity contribution is 7.18. The van der Waals surface area contributed by atoms with E-state index in [2.05, 4.69) is 16.3 Å². The summed E-state index contributed by atoms with van der Waals surface area (Å²) >= 11 is 7.84. The van der Waals surface area contributed by atoms with E-state index in [1.54, 1.807) is 11.3 Å². The van der Waals surface area contributed by atoms with Gasteiger partial charge in [-0.3, -0.25) is 4.79 Å². The molecule has 1 N–H and O–H groups in total. The van der Waals surface area contributed by atoms with Crippen molar-refractivity contribution in [3.63, 3.8) is 0 Å². The highest BCUT2D eigenvalue weighted by Gasteiger charge is 2.26. The number of amides is 1. The van der Waals surface area contributed by atoms with Crippen molar-refractivity contribution in [1.29, 1.82) is 0 Å². The Balaban J connectivity index is 0.00000140. The van der Waals surface area contributed by atoms with Crippen molar-refractivity contribution in [1.82, 2.24) is 15.2 Å². The minimum absolute atomic E-state index is 0. The number of benzene rings is 1. The standard InChI is InChI=1S/C20H26ClN3OS.2ClH/c21-16-2-3-18-17(13-16)23-20(26-18)15-7-11-24(12-8-15)19(25)4-1-14-5-9-22-10-6-14;;/h2-3,13-15,22H,1,4-12H2;2*1H. The number of piperidine rings is 2. The number of halogens is 3. The van der Waals surface area contributed by atoms with Gasteiger partial charge in [0.1, 0.15) is 0 Å². The van der Waals surface area contributed by atoms with Crippen LogP contribution < -0.4 is 5.32 Å². The lowest BCUT2D eigenvalue weighted by molar-refractivity contribution is -0.132. The zero-order valence-corrected chi connectivity index (χ0v) is 19.1. The molecule has 0 bridgehead atoms. The Hall–Kier alpha value is -0.590. The van der Waals surface area contributed by atoms with Gasteiger partial charge in [-0.15, -0.1) is 36.2 Å². The van der Waals surface area contributed by atoms with Crippen molar-refractivity contribution in [3.05, 3.63) is 28.2 Å². The van der Waals surface area contributed by atoms with E-state index in [0.29, 0.717) is 11.8 Å². The van der Waals surface area contributed by atoms with E-state index >= 15 is 0 Å². The Kier molecular flexibility index (Phi) is 9.29. The number of carbonyl (C=O) groups excluding carboxylic acids is 1. The predicted octanol–water partition coefficient (Wildman–Crippen LogP) is 5.28. The maximum absolute atomic E-state index is 12.5. The van der Waals surface area contributed by atoms with E-state index < -0.39 is 0 Å². The summed E-state index contributed by atoms with van der Waals surface area (Å²) in [6, 6.07) is 5.92. The van der Waals surface area contributed by atoms with Gasteiger partial charge in [0.25, 0.3) is 0 Å². The number of nitrogens with one attached hydrogen (secondary N) is 1. The number of hydrogen-bond donors (Lipinski definition) is 1. The zero-order valence-electron chi connectivity index (χ0n) is 15.9. The van der Waals surface area contributed by atoms with Gasteiger partial charge in [-0.2, -0.15) is 0 Å². The number of fused-ring (bicyclic) bond motifs is 1. The van der Waals surface area contributed by atoms with Crippen LogP contribution in [0.1, 0.15) is 49.5 Å². The molecule has 1 amide bonds. The van der Waals surface area contributed by atoms with Gasteiger partial charge in [0.2, 0.25) is 5.91 Å². The molecule has 1 aromatic carbocycles. The van der Waals surface area contributed by atoms with Crippen LogP contribution in [0.5, 0.6) is 0 Å². The normalized spacial score (nSPS) is 18.5. The number of thiazole rings is 1. The molecule has 3 heterocycles. The van der Waals surface area contributed by atoms with Crippen molar-refractivity contribution >= 4 is 63.9 Å². The van der Waals surface area contributed by atoms with Crippen LogP contribution in [0.25, 0.3) is 10.2 Å². The predicted molar refractivity (Wildman–Crippen MR) is 123 cm³/mol. The largest absolute Gasteiger partial charge is 0.343 e.